The molecule has 4 nitrogen and oxygen atoms in total. The highest BCUT2D eigenvalue weighted by atomic mass is 16.2. The number of nitrogens with one attached hydrogen (secondary N) is 1. The van der Waals surface area contributed by atoms with Gasteiger partial charge in [-0.2, -0.15) is 0 Å². The summed E-state index contributed by atoms with van der Waals surface area (Å²) in [7, 11) is 0. The Labute approximate surface area is 107 Å². The summed E-state index contributed by atoms with van der Waals surface area (Å²) in [5.74, 6) is 0.119. The number of hydrogen-bond donors (Lipinski definition) is 2. The third kappa shape index (κ3) is 2.13. The van der Waals surface area contributed by atoms with Gasteiger partial charge >= 0.3 is 0 Å². The van der Waals surface area contributed by atoms with Gasteiger partial charge in [-0.3, -0.25) is 9.69 Å². The first kappa shape index (κ1) is 11.7. The molecule has 1 unspecified atom stereocenters. The van der Waals surface area contributed by atoms with E-state index < -0.39 is 0 Å². The second kappa shape index (κ2) is 4.71. The van der Waals surface area contributed by atoms with Crippen molar-refractivity contribution in [1.29, 1.82) is 0 Å². The molecule has 18 heavy (non-hydrogen) atoms. The van der Waals surface area contributed by atoms with Crippen LogP contribution in [0.1, 0.15) is 18.4 Å². The lowest BCUT2D eigenvalue weighted by molar-refractivity contribution is -0.121. The molecule has 2 aliphatic rings. The van der Waals surface area contributed by atoms with Crippen LogP contribution in [0.5, 0.6) is 0 Å². The van der Waals surface area contributed by atoms with Crippen LogP contribution in [-0.2, 0) is 11.2 Å². The van der Waals surface area contributed by atoms with Gasteiger partial charge in [-0.1, -0.05) is 18.2 Å². The molecule has 1 saturated heterocycles. The minimum absolute atomic E-state index is 0.0223. The monoisotopic (exact) mass is 245 g/mol. The molecule has 1 aromatic carbocycles. The van der Waals surface area contributed by atoms with Crippen LogP contribution in [0.4, 0.5) is 5.69 Å². The molecule has 3 N–H and O–H groups in total. The van der Waals surface area contributed by atoms with Crippen molar-refractivity contribution in [3.8, 4) is 0 Å². The van der Waals surface area contributed by atoms with E-state index in [1.165, 1.54) is 5.56 Å². The molecule has 1 aromatic rings. The van der Waals surface area contributed by atoms with Crippen LogP contribution >= 0.6 is 0 Å². The lowest BCUT2D eigenvalue weighted by Gasteiger charge is -2.24. The normalized spacial score (nSPS) is 28.6. The van der Waals surface area contributed by atoms with Crippen LogP contribution in [-0.4, -0.2) is 36.0 Å². The fourth-order valence-electron chi connectivity index (χ4n) is 2.95. The second-order valence-corrected chi connectivity index (χ2v) is 5.24. The highest BCUT2D eigenvalue weighted by Gasteiger charge is 2.32. The number of anilines is 1. The van der Waals surface area contributed by atoms with E-state index in [9.17, 15) is 4.79 Å². The highest BCUT2D eigenvalue weighted by Crippen LogP contribution is 2.25. The number of amides is 1. The van der Waals surface area contributed by atoms with E-state index in [0.717, 1.165) is 38.0 Å². The van der Waals surface area contributed by atoms with Crippen LogP contribution in [0.3, 0.4) is 0 Å². The van der Waals surface area contributed by atoms with Gasteiger partial charge in [0.15, 0.2) is 0 Å². The van der Waals surface area contributed by atoms with Crippen molar-refractivity contribution >= 4 is 11.6 Å². The van der Waals surface area contributed by atoms with E-state index in [1.54, 1.807) is 0 Å². The van der Waals surface area contributed by atoms with Crippen LogP contribution in [0.15, 0.2) is 24.3 Å². The Balaban J connectivity index is 1.78. The molecule has 96 valence electrons. The second-order valence-electron chi connectivity index (χ2n) is 5.24. The molecule has 0 bridgehead atoms. The molecular weight excluding hydrogens is 226 g/mol. The summed E-state index contributed by atoms with van der Waals surface area (Å²) in [6.07, 6.45) is 2.83. The lowest BCUT2D eigenvalue weighted by atomic mass is 10.1. The fourth-order valence-corrected chi connectivity index (χ4v) is 2.95. The minimum atomic E-state index is -0.0223. The van der Waals surface area contributed by atoms with Crippen LogP contribution in [0, 0.1) is 0 Å². The van der Waals surface area contributed by atoms with Crippen molar-refractivity contribution in [2.45, 2.75) is 31.3 Å². The number of hydrogen-bond acceptors (Lipinski definition) is 3. The average Bonchev–Trinajstić information content (AvgIpc) is 2.70. The molecular formula is C14H19N3O. The van der Waals surface area contributed by atoms with E-state index in [-0.39, 0.29) is 18.0 Å². The summed E-state index contributed by atoms with van der Waals surface area (Å²) in [5.41, 5.74) is 8.13. The average molecular weight is 245 g/mol. The van der Waals surface area contributed by atoms with E-state index >= 15 is 0 Å². The molecule has 2 aliphatic heterocycles. The fraction of sp³-hybridized carbons (Fsp3) is 0.500. The Morgan fingerprint density at radius 3 is 2.89 bits per heavy atom. The minimum Gasteiger partial charge on any atom is -0.326 e. The molecule has 0 aliphatic carbocycles. The van der Waals surface area contributed by atoms with Crippen molar-refractivity contribution in [3.63, 3.8) is 0 Å². The standard InChI is InChI=1S/C14H19N3O/c15-11-7-8-17(9-11)13-6-5-10-3-1-2-4-12(10)16-14(13)18/h1-4,11,13H,5-9,15H2,(H,16,18)/t11-,13?/m0/s1. The molecule has 0 radical (unpaired) electrons. The van der Waals surface area contributed by atoms with Gasteiger partial charge in [-0.05, 0) is 30.9 Å². The number of nitrogens with two attached hydrogens (primary N) is 1. The predicted molar refractivity (Wildman–Crippen MR) is 71.3 cm³/mol. The van der Waals surface area contributed by atoms with Gasteiger partial charge in [0, 0.05) is 24.8 Å². The first-order valence-electron chi connectivity index (χ1n) is 6.62. The third-order valence-corrected chi connectivity index (χ3v) is 3.96. The van der Waals surface area contributed by atoms with Crippen molar-refractivity contribution < 1.29 is 4.79 Å². The molecule has 3 rings (SSSR count). The maximum atomic E-state index is 12.3. The van der Waals surface area contributed by atoms with Crippen LogP contribution < -0.4 is 11.1 Å². The Hall–Kier alpha value is -1.39. The Bertz CT molecular complexity index is 460. The summed E-state index contributed by atoms with van der Waals surface area (Å²) >= 11 is 0. The van der Waals surface area contributed by atoms with Gasteiger partial charge in [-0.25, -0.2) is 0 Å². The molecule has 0 spiro atoms. The number of fused-ring (bicyclic) bond motifs is 1. The summed E-state index contributed by atoms with van der Waals surface area (Å²) in [6.45, 7) is 1.78. The first-order chi connectivity index (χ1) is 8.74. The number of aryl methyl sites for hydroxylation is 1. The zero-order valence-electron chi connectivity index (χ0n) is 10.4. The highest BCUT2D eigenvalue weighted by molar-refractivity contribution is 5.96. The maximum absolute atomic E-state index is 12.3. The van der Waals surface area contributed by atoms with Crippen molar-refractivity contribution in [1.82, 2.24) is 4.90 Å². The van der Waals surface area contributed by atoms with E-state index in [2.05, 4.69) is 16.3 Å². The topological polar surface area (TPSA) is 58.4 Å². The molecule has 2 atom stereocenters. The van der Waals surface area contributed by atoms with E-state index in [0.29, 0.717) is 0 Å². The van der Waals surface area contributed by atoms with Gasteiger partial charge in [0.1, 0.15) is 0 Å². The number of benzene rings is 1. The van der Waals surface area contributed by atoms with Crippen LogP contribution in [0.25, 0.3) is 0 Å². The van der Waals surface area contributed by atoms with Gasteiger partial charge in [0.25, 0.3) is 0 Å². The number of para-hydroxylation sites is 1. The molecule has 1 amide bonds. The predicted octanol–water partition coefficient (Wildman–Crippen LogP) is 0.973. The molecule has 0 aromatic heterocycles. The number of rotatable bonds is 1. The summed E-state index contributed by atoms with van der Waals surface area (Å²) in [6, 6.07) is 8.26. The molecule has 0 saturated carbocycles. The quantitative estimate of drug-likeness (QED) is 0.775. The zero-order valence-corrected chi connectivity index (χ0v) is 10.4. The summed E-state index contributed by atoms with van der Waals surface area (Å²) < 4.78 is 0. The van der Waals surface area contributed by atoms with E-state index in [1.807, 2.05) is 18.2 Å². The number of carbonyl (C=O) groups excluding carboxylic acids is 1. The SMILES string of the molecule is N[C@H]1CCN(C2CCc3ccccc3NC2=O)C1. The summed E-state index contributed by atoms with van der Waals surface area (Å²) in [5, 5.41) is 3.04. The number of carbonyl (C=O) groups is 1. The Morgan fingerprint density at radius 2 is 2.11 bits per heavy atom. The van der Waals surface area contributed by atoms with Gasteiger partial charge in [0.05, 0.1) is 6.04 Å². The number of nitrogens with zero attached hydrogens (tertiary/aromatic N) is 1. The molecule has 2 heterocycles. The zero-order chi connectivity index (χ0) is 12.5. The Kier molecular flexibility index (Phi) is 3.06. The Morgan fingerprint density at radius 1 is 1.28 bits per heavy atom. The first-order valence-corrected chi connectivity index (χ1v) is 6.62. The van der Waals surface area contributed by atoms with Crippen molar-refractivity contribution in [2.24, 2.45) is 5.73 Å². The smallest absolute Gasteiger partial charge is 0.241 e. The largest absolute Gasteiger partial charge is 0.326 e. The van der Waals surface area contributed by atoms with Gasteiger partial charge in [-0.15, -0.1) is 0 Å². The number of likely N-dealkylation sites (tertiary alicyclic amines) is 1. The van der Waals surface area contributed by atoms with Crippen molar-refractivity contribution in [3.05, 3.63) is 29.8 Å². The molecule has 1 fully saturated rings. The summed E-state index contributed by atoms with van der Waals surface area (Å²) in [4.78, 5) is 14.5. The van der Waals surface area contributed by atoms with Gasteiger partial charge < -0.3 is 11.1 Å². The maximum Gasteiger partial charge on any atom is 0.241 e. The third-order valence-electron chi connectivity index (χ3n) is 3.96. The van der Waals surface area contributed by atoms with Crippen LogP contribution in [0.2, 0.25) is 0 Å². The molecule has 4 heteroatoms. The van der Waals surface area contributed by atoms with Crippen molar-refractivity contribution in [2.75, 3.05) is 18.4 Å². The van der Waals surface area contributed by atoms with Gasteiger partial charge in [0.2, 0.25) is 5.91 Å². The van der Waals surface area contributed by atoms with E-state index in [4.69, 9.17) is 5.73 Å². The lowest BCUT2D eigenvalue weighted by Crippen LogP contribution is -2.43.